The molecule has 6 nitrogen and oxygen atoms in total. The summed E-state index contributed by atoms with van der Waals surface area (Å²) >= 11 is 0. The minimum Gasteiger partial charge on any atom is -0.497 e. The van der Waals surface area contributed by atoms with E-state index in [9.17, 15) is 4.79 Å². The molecule has 174 valence electrons. The van der Waals surface area contributed by atoms with Crippen molar-refractivity contribution in [2.45, 2.75) is 13.8 Å². The molecular formula is C28H27NO5. The van der Waals surface area contributed by atoms with Gasteiger partial charge in [-0.05, 0) is 67.4 Å². The zero-order valence-corrected chi connectivity index (χ0v) is 19.7. The second-order valence-electron chi connectivity index (χ2n) is 7.70. The lowest BCUT2D eigenvalue weighted by atomic mass is 9.99. The second-order valence-corrected chi connectivity index (χ2v) is 7.70. The fourth-order valence-electron chi connectivity index (χ4n) is 3.76. The van der Waals surface area contributed by atoms with Gasteiger partial charge in [0.05, 0.1) is 27.1 Å². The second kappa shape index (κ2) is 10.2. The molecule has 0 atom stereocenters. The highest BCUT2D eigenvalue weighted by Gasteiger charge is 2.15. The number of nitrogens with one attached hydrogen (secondary N) is 1. The highest BCUT2D eigenvalue weighted by atomic mass is 16.5. The number of hydrogen-bond acceptors (Lipinski definition) is 5. The summed E-state index contributed by atoms with van der Waals surface area (Å²) in [4.78, 5) is 12.7. The predicted molar refractivity (Wildman–Crippen MR) is 135 cm³/mol. The highest BCUT2D eigenvalue weighted by Crippen LogP contribution is 2.38. The summed E-state index contributed by atoms with van der Waals surface area (Å²) < 4.78 is 22.1. The highest BCUT2D eigenvalue weighted by molar-refractivity contribution is 6.05. The minimum absolute atomic E-state index is 0.229. The summed E-state index contributed by atoms with van der Waals surface area (Å²) in [5, 5.41) is 3.82. The van der Waals surface area contributed by atoms with E-state index >= 15 is 0 Å². The van der Waals surface area contributed by atoms with Gasteiger partial charge >= 0.3 is 0 Å². The molecule has 0 spiro atoms. The Bertz CT molecular complexity index is 1320. The summed E-state index contributed by atoms with van der Waals surface area (Å²) in [5.74, 6) is 1.95. The van der Waals surface area contributed by atoms with Gasteiger partial charge in [0.15, 0.2) is 0 Å². The molecule has 0 saturated heterocycles. The van der Waals surface area contributed by atoms with Crippen LogP contribution < -0.4 is 19.5 Å². The van der Waals surface area contributed by atoms with Crippen molar-refractivity contribution < 1.29 is 23.4 Å². The largest absolute Gasteiger partial charge is 0.497 e. The molecular weight excluding hydrogens is 430 g/mol. The van der Waals surface area contributed by atoms with Crippen LogP contribution >= 0.6 is 0 Å². The van der Waals surface area contributed by atoms with Gasteiger partial charge < -0.3 is 23.9 Å². The van der Waals surface area contributed by atoms with Crippen molar-refractivity contribution in [3.05, 3.63) is 78.6 Å². The maximum absolute atomic E-state index is 12.7. The first-order valence-electron chi connectivity index (χ1n) is 11.0. The van der Waals surface area contributed by atoms with Crippen LogP contribution in [0.2, 0.25) is 0 Å². The topological polar surface area (TPSA) is 69.9 Å². The summed E-state index contributed by atoms with van der Waals surface area (Å²) in [5.41, 5.74) is 4.97. The first kappa shape index (κ1) is 23.0. The van der Waals surface area contributed by atoms with Gasteiger partial charge in [0, 0.05) is 34.3 Å². The Morgan fingerprint density at radius 2 is 1.62 bits per heavy atom. The number of furan rings is 1. The molecule has 0 aliphatic carbocycles. The minimum atomic E-state index is -0.229. The molecule has 3 aromatic carbocycles. The van der Waals surface area contributed by atoms with Gasteiger partial charge in [-0.3, -0.25) is 4.79 Å². The average Bonchev–Trinajstić information content (AvgIpc) is 3.27. The molecule has 1 aromatic heterocycles. The van der Waals surface area contributed by atoms with E-state index in [1.165, 1.54) is 0 Å². The van der Waals surface area contributed by atoms with Crippen molar-refractivity contribution in [1.82, 2.24) is 0 Å². The van der Waals surface area contributed by atoms with Crippen LogP contribution in [0.15, 0.2) is 77.4 Å². The van der Waals surface area contributed by atoms with Crippen LogP contribution in [0.3, 0.4) is 0 Å². The quantitative estimate of drug-likeness (QED) is 0.304. The van der Waals surface area contributed by atoms with Crippen molar-refractivity contribution >= 4 is 28.1 Å². The number of fused-ring (bicyclic) bond motifs is 1. The Morgan fingerprint density at radius 1 is 0.971 bits per heavy atom. The number of anilines is 1. The monoisotopic (exact) mass is 457 g/mol. The summed E-state index contributed by atoms with van der Waals surface area (Å²) in [6.45, 7) is 4.31. The van der Waals surface area contributed by atoms with Crippen molar-refractivity contribution in [1.29, 1.82) is 0 Å². The maximum atomic E-state index is 12.7. The number of carbonyl (C=O) groups excluding carboxylic acids is 1. The van der Waals surface area contributed by atoms with Crippen LogP contribution in [-0.4, -0.2) is 26.7 Å². The molecule has 6 heteroatoms. The average molecular weight is 458 g/mol. The van der Waals surface area contributed by atoms with Crippen molar-refractivity contribution in [3.63, 3.8) is 0 Å². The smallest absolute Gasteiger partial charge is 0.248 e. The van der Waals surface area contributed by atoms with E-state index in [0.717, 1.165) is 39.1 Å². The number of allylic oxidation sites excluding steroid dienone is 1. The Morgan fingerprint density at radius 3 is 2.24 bits per heavy atom. The molecule has 0 aliphatic heterocycles. The Labute approximate surface area is 198 Å². The molecule has 1 amide bonds. The number of amides is 1. The van der Waals surface area contributed by atoms with Gasteiger partial charge in [-0.15, -0.1) is 0 Å². The molecule has 34 heavy (non-hydrogen) atoms. The molecule has 0 bridgehead atoms. The van der Waals surface area contributed by atoms with Crippen LogP contribution in [0.1, 0.15) is 19.4 Å². The summed E-state index contributed by atoms with van der Waals surface area (Å²) in [6.07, 6.45) is 3.31. The Balaban J connectivity index is 1.68. The van der Waals surface area contributed by atoms with Crippen LogP contribution in [-0.2, 0) is 4.79 Å². The Kier molecular flexibility index (Phi) is 6.87. The number of ether oxygens (including phenoxy) is 3. The van der Waals surface area contributed by atoms with Gasteiger partial charge in [-0.2, -0.15) is 0 Å². The summed E-state index contributed by atoms with van der Waals surface area (Å²) in [6, 6.07) is 18.9. The lowest BCUT2D eigenvalue weighted by molar-refractivity contribution is -0.111. The molecule has 4 aromatic rings. The van der Waals surface area contributed by atoms with Gasteiger partial charge in [0.2, 0.25) is 5.91 Å². The van der Waals surface area contributed by atoms with Gasteiger partial charge in [0.1, 0.15) is 22.8 Å². The lowest BCUT2D eigenvalue weighted by Gasteiger charge is -2.12. The molecule has 0 unspecified atom stereocenters. The molecule has 0 saturated carbocycles. The van der Waals surface area contributed by atoms with E-state index in [2.05, 4.69) is 5.32 Å². The third-order valence-electron chi connectivity index (χ3n) is 5.51. The zero-order chi connectivity index (χ0) is 24.1. The lowest BCUT2D eigenvalue weighted by Crippen LogP contribution is -2.08. The van der Waals surface area contributed by atoms with Gasteiger partial charge in [0.25, 0.3) is 0 Å². The van der Waals surface area contributed by atoms with Crippen LogP contribution in [0.5, 0.6) is 17.2 Å². The van der Waals surface area contributed by atoms with Gasteiger partial charge in [-0.25, -0.2) is 0 Å². The van der Waals surface area contributed by atoms with Crippen LogP contribution in [0.25, 0.3) is 27.7 Å². The fourth-order valence-corrected chi connectivity index (χ4v) is 3.76. The molecule has 1 heterocycles. The fraction of sp³-hybridized carbons (Fsp3) is 0.179. The van der Waals surface area contributed by atoms with E-state index < -0.39 is 0 Å². The molecule has 0 fully saturated rings. The first-order valence-corrected chi connectivity index (χ1v) is 11.0. The predicted octanol–water partition coefficient (Wildman–Crippen LogP) is 6.56. The maximum Gasteiger partial charge on any atom is 0.248 e. The molecule has 0 aliphatic rings. The first-order chi connectivity index (χ1) is 16.5. The van der Waals surface area contributed by atoms with E-state index in [1.807, 2.05) is 50.2 Å². The standard InChI is InChI=1S/C28H27NO5/c1-5-33-26-16-27-24(25(17-34-27)19-6-10-21(31-3)11-7-19)15-23(26)18(2)14-28(30)29-20-8-12-22(32-4)13-9-20/h6-17H,5H2,1-4H3,(H,29,30)/b18-14+. The third-order valence-corrected chi connectivity index (χ3v) is 5.51. The molecule has 1 N–H and O–H groups in total. The zero-order valence-electron chi connectivity index (χ0n) is 19.7. The SMILES string of the molecule is CCOc1cc2occ(-c3ccc(OC)cc3)c2cc1/C(C)=C/C(=O)Nc1ccc(OC)cc1. The normalized spacial score (nSPS) is 11.4. The number of methoxy groups -OCH3 is 2. The molecule has 0 radical (unpaired) electrons. The van der Waals surface area contributed by atoms with Gasteiger partial charge in [-0.1, -0.05) is 12.1 Å². The van der Waals surface area contributed by atoms with Crippen molar-refractivity contribution in [3.8, 4) is 28.4 Å². The molecule has 4 rings (SSSR count). The van der Waals surface area contributed by atoms with Crippen molar-refractivity contribution in [2.75, 3.05) is 26.1 Å². The third kappa shape index (κ3) is 4.91. The number of carbonyl (C=O) groups is 1. The number of rotatable bonds is 8. The Hall–Kier alpha value is -4.19. The van der Waals surface area contributed by atoms with E-state index in [1.54, 1.807) is 50.8 Å². The van der Waals surface area contributed by atoms with Crippen LogP contribution in [0.4, 0.5) is 5.69 Å². The van der Waals surface area contributed by atoms with E-state index in [0.29, 0.717) is 23.6 Å². The summed E-state index contributed by atoms with van der Waals surface area (Å²) in [7, 11) is 3.25. The number of hydrogen-bond donors (Lipinski definition) is 1. The van der Waals surface area contributed by atoms with Crippen molar-refractivity contribution in [2.24, 2.45) is 0 Å². The van der Waals surface area contributed by atoms with E-state index in [4.69, 9.17) is 18.6 Å². The van der Waals surface area contributed by atoms with E-state index in [-0.39, 0.29) is 5.91 Å². The van der Waals surface area contributed by atoms with Crippen LogP contribution in [0, 0.1) is 0 Å². The number of benzene rings is 3.